The monoisotopic (exact) mass is 486 g/mol. The van der Waals surface area contributed by atoms with Crippen molar-refractivity contribution in [3.8, 4) is 17.2 Å². The minimum Gasteiger partial charge on any atom is -0.508 e. The Balaban J connectivity index is 2.02. The second-order valence-electron chi connectivity index (χ2n) is 6.42. The first-order valence-electron chi connectivity index (χ1n) is 8.62. The van der Waals surface area contributed by atoms with Gasteiger partial charge >= 0.3 is 0 Å². The number of halogens is 2. The van der Waals surface area contributed by atoms with Crippen LogP contribution in [0.2, 0.25) is 0 Å². The molecule has 0 atom stereocenters. The fourth-order valence-corrected chi connectivity index (χ4v) is 5.10. The van der Waals surface area contributed by atoms with E-state index in [0.29, 0.717) is 0 Å². The molecule has 0 saturated carbocycles. The maximum Gasteiger partial charge on any atom is 0.265 e. The molecule has 3 aromatic rings. The third-order valence-corrected chi connectivity index (χ3v) is 6.79. The molecule has 0 radical (unpaired) electrons. The van der Waals surface area contributed by atoms with Gasteiger partial charge in [-0.1, -0.05) is 0 Å². The van der Waals surface area contributed by atoms with Gasteiger partial charge in [0.1, 0.15) is 33.8 Å². The summed E-state index contributed by atoms with van der Waals surface area (Å²) in [6.45, 7) is 0. The predicted molar refractivity (Wildman–Crippen MR) is 111 cm³/mol. The first-order chi connectivity index (χ1) is 14.9. The summed E-state index contributed by atoms with van der Waals surface area (Å²) >= 11 is 0. The summed E-state index contributed by atoms with van der Waals surface area (Å²) in [6, 6.07) is 7.97. The Kier molecular flexibility index (Phi) is 6.14. The molecule has 4 N–H and O–H groups in total. The highest BCUT2D eigenvalue weighted by Gasteiger charge is 2.25. The van der Waals surface area contributed by atoms with Crippen LogP contribution in [0.1, 0.15) is 0 Å². The average Bonchev–Trinajstić information content (AvgIpc) is 2.65. The molecule has 0 fully saturated rings. The molecule has 3 rings (SSSR count). The Morgan fingerprint density at radius 1 is 0.750 bits per heavy atom. The molecule has 13 heteroatoms. The number of benzene rings is 3. The first kappa shape index (κ1) is 23.1. The van der Waals surface area contributed by atoms with Gasteiger partial charge in [0.2, 0.25) is 0 Å². The SMILES string of the molecule is COc1ccc(S(=O)(=O)Nc2cc(O)cc(F)c2)cc1S(=O)(=O)Nc1cc(O)cc(F)c1. The van der Waals surface area contributed by atoms with Crippen molar-refractivity contribution in [3.63, 3.8) is 0 Å². The summed E-state index contributed by atoms with van der Waals surface area (Å²) < 4.78 is 87.1. The van der Waals surface area contributed by atoms with Gasteiger partial charge in [0.15, 0.2) is 0 Å². The Morgan fingerprint density at radius 3 is 1.72 bits per heavy atom. The van der Waals surface area contributed by atoms with Gasteiger partial charge in [-0.05, 0) is 30.3 Å². The van der Waals surface area contributed by atoms with Crippen molar-refractivity contribution < 1.29 is 40.6 Å². The van der Waals surface area contributed by atoms with E-state index in [4.69, 9.17) is 4.74 Å². The van der Waals surface area contributed by atoms with Crippen molar-refractivity contribution in [2.75, 3.05) is 16.6 Å². The van der Waals surface area contributed by atoms with Crippen LogP contribution in [0.3, 0.4) is 0 Å². The Bertz CT molecular complexity index is 1350. The van der Waals surface area contributed by atoms with E-state index in [9.17, 15) is 35.8 Å². The summed E-state index contributed by atoms with van der Waals surface area (Å²) in [5, 5.41) is 18.9. The highest BCUT2D eigenvalue weighted by molar-refractivity contribution is 7.93. The predicted octanol–water partition coefficient (Wildman–Crippen LogP) is 2.99. The molecule has 0 aliphatic rings. The second-order valence-corrected chi connectivity index (χ2v) is 9.75. The molecule has 0 heterocycles. The first-order valence-corrected chi connectivity index (χ1v) is 11.6. The van der Waals surface area contributed by atoms with Gasteiger partial charge in [-0.2, -0.15) is 0 Å². The fourth-order valence-electron chi connectivity index (χ4n) is 2.72. The molecular weight excluding hydrogens is 470 g/mol. The smallest absolute Gasteiger partial charge is 0.265 e. The van der Waals surface area contributed by atoms with Gasteiger partial charge in [-0.3, -0.25) is 9.44 Å². The normalized spacial score (nSPS) is 11.7. The van der Waals surface area contributed by atoms with E-state index in [0.717, 1.165) is 61.7 Å². The number of phenolic OH excluding ortho intramolecular Hbond substituents is 2. The molecule has 3 aromatic carbocycles. The zero-order valence-electron chi connectivity index (χ0n) is 16.2. The van der Waals surface area contributed by atoms with Crippen LogP contribution in [0.25, 0.3) is 0 Å². The van der Waals surface area contributed by atoms with Crippen molar-refractivity contribution in [1.29, 1.82) is 0 Å². The highest BCUT2D eigenvalue weighted by Crippen LogP contribution is 2.31. The maximum absolute atomic E-state index is 13.5. The van der Waals surface area contributed by atoms with Crippen LogP contribution in [0, 0.1) is 11.6 Å². The summed E-state index contributed by atoms with van der Waals surface area (Å²) in [4.78, 5) is -1.13. The van der Waals surface area contributed by atoms with Gasteiger partial charge in [-0.25, -0.2) is 25.6 Å². The van der Waals surface area contributed by atoms with Crippen molar-refractivity contribution in [1.82, 2.24) is 0 Å². The maximum atomic E-state index is 13.5. The lowest BCUT2D eigenvalue weighted by Crippen LogP contribution is -2.17. The molecular formula is C19H16F2N2O7S2. The topological polar surface area (TPSA) is 142 Å². The number of phenols is 2. The molecule has 0 aliphatic carbocycles. The molecule has 170 valence electrons. The van der Waals surface area contributed by atoms with Crippen molar-refractivity contribution in [2.45, 2.75) is 9.79 Å². The van der Waals surface area contributed by atoms with Crippen LogP contribution in [-0.2, 0) is 20.0 Å². The Hall–Kier alpha value is -3.58. The zero-order chi connectivity index (χ0) is 23.7. The minimum absolute atomic E-state index is 0.222. The molecule has 32 heavy (non-hydrogen) atoms. The standard InChI is InChI=1S/C19H16F2N2O7S2/c1-30-18-3-2-17(31(26,27)22-13-4-11(20)6-15(24)8-13)10-19(18)32(28,29)23-14-5-12(21)7-16(25)9-14/h2-10,22-25H,1H3. The lowest BCUT2D eigenvalue weighted by molar-refractivity contribution is 0.402. The van der Waals surface area contributed by atoms with Crippen LogP contribution < -0.4 is 14.2 Å². The molecule has 0 amide bonds. The van der Waals surface area contributed by atoms with Crippen molar-refractivity contribution in [2.24, 2.45) is 0 Å². The number of aromatic hydroxyl groups is 2. The molecule has 0 aliphatic heterocycles. The molecule has 0 saturated heterocycles. The van der Waals surface area contributed by atoms with E-state index in [1.807, 2.05) is 9.44 Å². The van der Waals surface area contributed by atoms with Crippen LogP contribution in [0.4, 0.5) is 20.2 Å². The van der Waals surface area contributed by atoms with Crippen molar-refractivity contribution in [3.05, 3.63) is 66.2 Å². The molecule has 0 bridgehead atoms. The number of ether oxygens (including phenoxy) is 1. The zero-order valence-corrected chi connectivity index (χ0v) is 17.8. The van der Waals surface area contributed by atoms with Crippen LogP contribution >= 0.6 is 0 Å². The van der Waals surface area contributed by atoms with Gasteiger partial charge in [-0.15, -0.1) is 0 Å². The van der Waals surface area contributed by atoms with E-state index in [-0.39, 0.29) is 17.1 Å². The molecule has 9 nitrogen and oxygen atoms in total. The number of rotatable bonds is 7. The number of hydrogen-bond acceptors (Lipinski definition) is 7. The largest absolute Gasteiger partial charge is 0.508 e. The van der Waals surface area contributed by atoms with E-state index < -0.39 is 53.0 Å². The number of methoxy groups -OCH3 is 1. The van der Waals surface area contributed by atoms with Crippen LogP contribution in [0.15, 0.2) is 64.4 Å². The fraction of sp³-hybridized carbons (Fsp3) is 0.0526. The number of sulfonamides is 2. The third kappa shape index (κ3) is 5.18. The van der Waals surface area contributed by atoms with Crippen LogP contribution in [-0.4, -0.2) is 34.2 Å². The molecule has 0 unspecified atom stereocenters. The quantitative estimate of drug-likeness (QED) is 0.402. The van der Waals surface area contributed by atoms with Gasteiger partial charge in [0.05, 0.1) is 23.4 Å². The lowest BCUT2D eigenvalue weighted by Gasteiger charge is -2.14. The third-order valence-electron chi connectivity index (χ3n) is 4.00. The van der Waals surface area contributed by atoms with Gasteiger partial charge < -0.3 is 14.9 Å². The summed E-state index contributed by atoms with van der Waals surface area (Å²) in [6.07, 6.45) is 0. The van der Waals surface area contributed by atoms with Gasteiger partial charge in [0, 0.05) is 24.3 Å². The molecule has 0 aromatic heterocycles. The van der Waals surface area contributed by atoms with Crippen molar-refractivity contribution >= 4 is 31.4 Å². The Morgan fingerprint density at radius 2 is 1.25 bits per heavy atom. The summed E-state index contributed by atoms with van der Waals surface area (Å²) in [7, 11) is -7.76. The average molecular weight is 486 g/mol. The van der Waals surface area contributed by atoms with E-state index in [1.165, 1.54) is 0 Å². The number of anilines is 2. The second kappa shape index (κ2) is 8.51. The van der Waals surface area contributed by atoms with E-state index in [2.05, 4.69) is 0 Å². The van der Waals surface area contributed by atoms with Crippen LogP contribution in [0.5, 0.6) is 17.2 Å². The van der Waals surface area contributed by atoms with E-state index >= 15 is 0 Å². The summed E-state index contributed by atoms with van der Waals surface area (Å²) in [5.41, 5.74) is -0.609. The summed E-state index contributed by atoms with van der Waals surface area (Å²) in [5.74, 6) is -3.09. The van der Waals surface area contributed by atoms with Gasteiger partial charge in [0.25, 0.3) is 20.0 Å². The highest BCUT2D eigenvalue weighted by atomic mass is 32.2. The number of hydrogen-bond donors (Lipinski definition) is 4. The lowest BCUT2D eigenvalue weighted by atomic mass is 10.3. The number of nitrogens with one attached hydrogen (secondary N) is 2. The van der Waals surface area contributed by atoms with E-state index in [1.54, 1.807) is 0 Å². The Labute approximate surface area is 182 Å². The minimum atomic E-state index is -4.50. The molecule has 0 spiro atoms.